The zero-order chi connectivity index (χ0) is 30.2. The molecule has 0 bridgehead atoms. The normalized spacial score (nSPS) is 12.9. The number of hydrogen-bond donors (Lipinski definition) is 2. The number of carboxylic acids is 2. The average molecular weight is 581 g/mol. The number of carbonyl (C=O) groups is 2. The van der Waals surface area contributed by atoms with Gasteiger partial charge in [0.25, 0.3) is 0 Å². The average Bonchev–Trinajstić information content (AvgIpc) is 2.94. The van der Waals surface area contributed by atoms with Crippen LogP contribution < -0.4 is 0 Å². The van der Waals surface area contributed by atoms with E-state index in [1.165, 1.54) is 161 Å². The molecule has 4 heteroatoms. The first-order chi connectivity index (χ1) is 20.0. The second-order valence-electron chi connectivity index (χ2n) is 13.1. The molecule has 2 unspecified atom stereocenters. The van der Waals surface area contributed by atoms with Crippen LogP contribution in [0.4, 0.5) is 0 Å². The van der Waals surface area contributed by atoms with Gasteiger partial charge in [-0.2, -0.15) is 0 Å². The molecule has 2 atom stereocenters. The molecule has 0 aliphatic rings. The van der Waals surface area contributed by atoms with E-state index in [0.717, 1.165) is 37.5 Å². The molecule has 0 aromatic rings. The van der Waals surface area contributed by atoms with E-state index in [9.17, 15) is 9.59 Å². The molecule has 0 aliphatic heterocycles. The minimum Gasteiger partial charge on any atom is -0.481 e. The Labute approximate surface area is 256 Å². The van der Waals surface area contributed by atoms with Crippen LogP contribution in [0.3, 0.4) is 0 Å². The molecule has 0 saturated carbocycles. The molecule has 244 valence electrons. The Balaban J connectivity index is 4.74. The van der Waals surface area contributed by atoms with E-state index in [2.05, 4.69) is 13.8 Å². The van der Waals surface area contributed by atoms with Gasteiger partial charge >= 0.3 is 11.9 Å². The standard InChI is InChI=1S/C37H72O4/c1-3-5-7-9-12-17-23-29-35(31-25-19-15-21-27-33-37(40)41)34(28-22-16-10-8-6-4-2)30-24-18-13-11-14-20-26-32-36(38)39/h34-35H,3-33H2,1-2H3,(H,38,39)(H,40,41). The maximum absolute atomic E-state index is 10.8. The molecule has 0 amide bonds. The van der Waals surface area contributed by atoms with Gasteiger partial charge in [0.1, 0.15) is 0 Å². The number of rotatable bonds is 34. The molecule has 0 aromatic heterocycles. The topological polar surface area (TPSA) is 74.6 Å². The van der Waals surface area contributed by atoms with Gasteiger partial charge in [-0.05, 0) is 24.7 Å². The summed E-state index contributed by atoms with van der Waals surface area (Å²) >= 11 is 0. The van der Waals surface area contributed by atoms with Gasteiger partial charge in [-0.1, -0.05) is 187 Å². The molecule has 0 aromatic carbocycles. The van der Waals surface area contributed by atoms with Crippen LogP contribution in [0.2, 0.25) is 0 Å². The van der Waals surface area contributed by atoms with Crippen LogP contribution in [0, 0.1) is 11.8 Å². The van der Waals surface area contributed by atoms with Crippen LogP contribution in [-0.2, 0) is 9.59 Å². The van der Waals surface area contributed by atoms with Gasteiger partial charge in [0, 0.05) is 12.8 Å². The summed E-state index contributed by atoms with van der Waals surface area (Å²) in [6.07, 6.45) is 38.3. The Bertz CT molecular complexity index is 561. The van der Waals surface area contributed by atoms with Crippen molar-refractivity contribution >= 4 is 11.9 Å². The third-order valence-electron chi connectivity index (χ3n) is 9.20. The predicted octanol–water partition coefficient (Wildman–Crippen LogP) is 12.5. The number of hydrogen-bond acceptors (Lipinski definition) is 2. The van der Waals surface area contributed by atoms with Crippen molar-refractivity contribution in [3.8, 4) is 0 Å². The van der Waals surface area contributed by atoms with Crippen molar-refractivity contribution in [3.05, 3.63) is 0 Å². The van der Waals surface area contributed by atoms with Gasteiger partial charge in [0.15, 0.2) is 0 Å². The molecular formula is C37H72O4. The number of unbranched alkanes of at least 4 members (excludes halogenated alkanes) is 21. The molecule has 0 saturated heterocycles. The fourth-order valence-corrected chi connectivity index (χ4v) is 6.56. The highest BCUT2D eigenvalue weighted by Gasteiger charge is 2.20. The molecule has 0 fully saturated rings. The van der Waals surface area contributed by atoms with E-state index >= 15 is 0 Å². The van der Waals surface area contributed by atoms with Crippen molar-refractivity contribution in [2.45, 2.75) is 213 Å². The Hall–Kier alpha value is -1.06. The Morgan fingerprint density at radius 2 is 0.585 bits per heavy atom. The molecule has 41 heavy (non-hydrogen) atoms. The van der Waals surface area contributed by atoms with Crippen LogP contribution in [0.5, 0.6) is 0 Å². The van der Waals surface area contributed by atoms with E-state index < -0.39 is 11.9 Å². The molecule has 0 heterocycles. The molecular weight excluding hydrogens is 508 g/mol. The maximum atomic E-state index is 10.8. The monoisotopic (exact) mass is 581 g/mol. The highest BCUT2D eigenvalue weighted by atomic mass is 16.4. The second-order valence-corrected chi connectivity index (χ2v) is 13.1. The van der Waals surface area contributed by atoms with Gasteiger partial charge < -0.3 is 10.2 Å². The summed E-state index contributed by atoms with van der Waals surface area (Å²) in [7, 11) is 0. The lowest BCUT2D eigenvalue weighted by Crippen LogP contribution is -2.16. The fourth-order valence-electron chi connectivity index (χ4n) is 6.56. The highest BCUT2D eigenvalue weighted by molar-refractivity contribution is 5.66. The van der Waals surface area contributed by atoms with Gasteiger partial charge in [-0.3, -0.25) is 9.59 Å². The Morgan fingerprint density at radius 1 is 0.366 bits per heavy atom. The first-order valence-corrected chi connectivity index (χ1v) is 18.4. The van der Waals surface area contributed by atoms with Gasteiger partial charge in [0.2, 0.25) is 0 Å². The summed E-state index contributed by atoms with van der Waals surface area (Å²) in [5.41, 5.74) is 0. The van der Waals surface area contributed by atoms with Crippen molar-refractivity contribution < 1.29 is 19.8 Å². The first kappa shape index (κ1) is 39.9. The molecule has 4 nitrogen and oxygen atoms in total. The van der Waals surface area contributed by atoms with Crippen LogP contribution in [0.15, 0.2) is 0 Å². The van der Waals surface area contributed by atoms with Crippen LogP contribution >= 0.6 is 0 Å². The van der Waals surface area contributed by atoms with E-state index in [-0.39, 0.29) is 0 Å². The van der Waals surface area contributed by atoms with Crippen LogP contribution in [0.25, 0.3) is 0 Å². The lowest BCUT2D eigenvalue weighted by Gasteiger charge is -2.28. The lowest BCUT2D eigenvalue weighted by atomic mass is 9.78. The molecule has 0 spiro atoms. The van der Waals surface area contributed by atoms with Crippen LogP contribution in [-0.4, -0.2) is 22.2 Å². The molecule has 0 aliphatic carbocycles. The summed E-state index contributed by atoms with van der Waals surface area (Å²) in [5, 5.41) is 17.7. The van der Waals surface area contributed by atoms with Crippen molar-refractivity contribution in [1.29, 1.82) is 0 Å². The summed E-state index contributed by atoms with van der Waals surface area (Å²) < 4.78 is 0. The quantitative estimate of drug-likeness (QED) is 0.0742. The summed E-state index contributed by atoms with van der Waals surface area (Å²) in [4.78, 5) is 21.5. The Morgan fingerprint density at radius 3 is 0.829 bits per heavy atom. The van der Waals surface area contributed by atoms with Gasteiger partial charge in [0.05, 0.1) is 0 Å². The lowest BCUT2D eigenvalue weighted by molar-refractivity contribution is -0.138. The van der Waals surface area contributed by atoms with Crippen molar-refractivity contribution in [3.63, 3.8) is 0 Å². The van der Waals surface area contributed by atoms with Crippen molar-refractivity contribution in [2.24, 2.45) is 11.8 Å². The minimum atomic E-state index is -0.661. The largest absolute Gasteiger partial charge is 0.481 e. The maximum Gasteiger partial charge on any atom is 0.303 e. The number of carboxylic acid groups (broad SMARTS) is 2. The van der Waals surface area contributed by atoms with Crippen molar-refractivity contribution in [2.75, 3.05) is 0 Å². The van der Waals surface area contributed by atoms with Crippen LogP contribution in [0.1, 0.15) is 213 Å². The summed E-state index contributed by atoms with van der Waals surface area (Å²) in [6, 6.07) is 0. The fraction of sp³-hybridized carbons (Fsp3) is 0.946. The molecule has 2 N–H and O–H groups in total. The predicted molar refractivity (Wildman–Crippen MR) is 177 cm³/mol. The highest BCUT2D eigenvalue weighted by Crippen LogP contribution is 2.33. The molecule has 0 radical (unpaired) electrons. The van der Waals surface area contributed by atoms with Gasteiger partial charge in [-0.25, -0.2) is 0 Å². The SMILES string of the molecule is CCCCCCCCCC(CCCCCCCC(=O)O)C(CCCCCCCC)CCCCCCCCCC(=O)O. The summed E-state index contributed by atoms with van der Waals surface area (Å²) in [6.45, 7) is 4.59. The van der Waals surface area contributed by atoms with Gasteiger partial charge in [-0.15, -0.1) is 0 Å². The Kier molecular flexibility index (Phi) is 31.0. The smallest absolute Gasteiger partial charge is 0.303 e. The van der Waals surface area contributed by atoms with E-state index in [1.54, 1.807) is 0 Å². The second kappa shape index (κ2) is 31.9. The van der Waals surface area contributed by atoms with E-state index in [1.807, 2.05) is 0 Å². The van der Waals surface area contributed by atoms with E-state index in [0.29, 0.717) is 12.8 Å². The zero-order valence-electron chi connectivity index (χ0n) is 27.8. The third kappa shape index (κ3) is 30.2. The zero-order valence-corrected chi connectivity index (χ0v) is 27.8. The van der Waals surface area contributed by atoms with E-state index in [4.69, 9.17) is 10.2 Å². The third-order valence-corrected chi connectivity index (χ3v) is 9.20. The first-order valence-electron chi connectivity index (χ1n) is 18.4. The minimum absolute atomic E-state index is 0.322. The van der Waals surface area contributed by atoms with Crippen molar-refractivity contribution in [1.82, 2.24) is 0 Å². The number of aliphatic carboxylic acids is 2. The summed E-state index contributed by atoms with van der Waals surface area (Å²) in [5.74, 6) is 0.432. The molecule has 0 rings (SSSR count).